The van der Waals surface area contributed by atoms with Gasteiger partial charge < -0.3 is 150 Å². The lowest BCUT2D eigenvalue weighted by atomic mass is 9.93. The van der Waals surface area contributed by atoms with Crippen LogP contribution in [0.2, 0.25) is 0 Å². The van der Waals surface area contributed by atoms with E-state index in [1.54, 1.807) is 0 Å². The summed E-state index contributed by atoms with van der Waals surface area (Å²) < 4.78 is 100. The first-order chi connectivity index (χ1) is 37.6. The Morgan fingerprint density at radius 2 is 0.700 bits per heavy atom. The molecular weight excluding hydrogens is 1120 g/mol. The van der Waals surface area contributed by atoms with Crippen LogP contribution >= 0.6 is 0 Å². The molecule has 6 saturated heterocycles. The van der Waals surface area contributed by atoms with E-state index in [1.807, 2.05) is 0 Å². The molecule has 6 fully saturated rings. The highest BCUT2D eigenvalue weighted by atomic mass is 32.3. The molecule has 38 heteroatoms. The molecule has 0 unspecified atom stereocenters. The zero-order valence-corrected chi connectivity index (χ0v) is 43.3. The lowest BCUT2D eigenvalue weighted by Gasteiger charge is -2.51. The summed E-state index contributed by atoms with van der Waals surface area (Å²) in [6.07, 6.45) is -53.7. The SMILES string of the molecule is CC(=O)N[C@@H]1[C@@H](O[C@@H]2O[C@H](CO)[C@H](O)[C@H](O[C@@H]3O[C@H](CO)[C@@H](O[C@@H]4O[C@H](CO)[C@H](O)[C@H](O[C@@H]5O[C@H](COS(=O)(=O)O)[C@@H](O[C@@H]6O[C@H](CO)[C@H](O)[C@H](O)[C@H]6O)[C@H](O)[C@H]5NC(C)=O)[C@H]4O)[C@H](O)[C@H]3NC(C)=O)[C@H]2O)[C@@H](O)[C@@H](CO)O[C@@H]1O. The van der Waals surface area contributed by atoms with Crippen LogP contribution in [-0.4, -0.2) is 336 Å². The van der Waals surface area contributed by atoms with Crippen molar-refractivity contribution in [3.63, 3.8) is 0 Å². The van der Waals surface area contributed by atoms with Crippen molar-refractivity contribution in [1.82, 2.24) is 16.0 Å². The molecule has 0 bridgehead atoms. The Bertz CT molecular complexity index is 2130. The molecule has 0 aliphatic carbocycles. The van der Waals surface area contributed by atoms with Gasteiger partial charge in [-0.05, 0) is 0 Å². The van der Waals surface area contributed by atoms with E-state index in [2.05, 4.69) is 20.1 Å². The number of amides is 3. The van der Waals surface area contributed by atoms with Crippen LogP contribution in [0.15, 0.2) is 0 Å². The second-order valence-electron chi connectivity index (χ2n) is 19.5. The number of nitrogens with one attached hydrogen (secondary N) is 3. The first-order valence-corrected chi connectivity index (χ1v) is 26.1. The number of ether oxygens (including phenoxy) is 11. The van der Waals surface area contributed by atoms with E-state index in [9.17, 15) is 109 Å². The van der Waals surface area contributed by atoms with Crippen LogP contribution in [0.3, 0.4) is 0 Å². The standard InChI is InChI=1S/C42H71N3O34S/c1-10(51)43-19-26(58)32(17(8-50)73-38(19)78-36-25(57)16(7-49)72-42(31(36)63)77-34-21(45-12(3)53)37(64)69-14(5-47)23(34)55)75-41-30(62)35(24(56)15(6-48)71-41)79-39-20(44-11(2)52)27(59)33(18(74-39)9-68-80(65,66)67)76-40-29(61)28(60)22(54)13(4-46)70-40/h13-42,46-50,54-64H,4-9H2,1-3H3,(H,43,51)(H,44,52)(H,45,53)(H,65,66,67)/t13-,14-,15-,16-,17-,18-,19-,20-,21-,22+,23+,24+,25+,26-,27-,28+,29-,30-,31-,32-,33-,34-,35+,36+,37+,38+,39+,40+,41+,42+/m1/s1. The summed E-state index contributed by atoms with van der Waals surface area (Å²) in [4.78, 5) is 37.3. The van der Waals surface area contributed by atoms with Crippen LogP contribution in [0.25, 0.3) is 0 Å². The van der Waals surface area contributed by atoms with Crippen LogP contribution in [0, 0.1) is 0 Å². The van der Waals surface area contributed by atoms with Crippen molar-refractivity contribution in [1.29, 1.82) is 0 Å². The number of rotatable bonds is 21. The minimum atomic E-state index is -5.33. The van der Waals surface area contributed by atoms with Crippen molar-refractivity contribution < 1.29 is 165 Å². The summed E-state index contributed by atoms with van der Waals surface area (Å²) in [6.45, 7) is -3.41. The summed E-state index contributed by atoms with van der Waals surface area (Å²) in [6, 6.07) is -5.36. The quantitative estimate of drug-likeness (QED) is 0.0475. The minimum Gasteiger partial charge on any atom is -0.394 e. The van der Waals surface area contributed by atoms with E-state index < -0.39 is 252 Å². The molecule has 37 nitrogen and oxygen atoms in total. The van der Waals surface area contributed by atoms with Gasteiger partial charge in [0, 0.05) is 20.8 Å². The highest BCUT2D eigenvalue weighted by molar-refractivity contribution is 7.80. The third-order valence-electron chi connectivity index (χ3n) is 13.8. The smallest absolute Gasteiger partial charge is 0.394 e. The van der Waals surface area contributed by atoms with E-state index >= 15 is 0 Å². The van der Waals surface area contributed by atoms with Gasteiger partial charge in [0.2, 0.25) is 17.7 Å². The zero-order chi connectivity index (χ0) is 59.4. The Kier molecular flexibility index (Phi) is 23.5. The third kappa shape index (κ3) is 15.2. The van der Waals surface area contributed by atoms with E-state index in [0.717, 1.165) is 20.8 Å². The number of carbonyl (C=O) groups excluding carboxylic acids is 3. The molecule has 80 heavy (non-hydrogen) atoms. The Labute approximate surface area is 453 Å². The molecule has 6 aliphatic heterocycles. The monoisotopic (exact) mass is 1190 g/mol. The Hall–Kier alpha value is -2.80. The number of aliphatic hydroxyl groups excluding tert-OH is 16. The maximum absolute atomic E-state index is 12.7. The van der Waals surface area contributed by atoms with Gasteiger partial charge in [-0.2, -0.15) is 8.42 Å². The average Bonchev–Trinajstić information content (AvgIpc) is 3.42. The van der Waals surface area contributed by atoms with E-state index in [0.29, 0.717) is 0 Å². The van der Waals surface area contributed by atoms with Crippen molar-refractivity contribution in [3.05, 3.63) is 0 Å². The minimum absolute atomic E-state index is 0.757. The highest BCUT2D eigenvalue weighted by Gasteiger charge is 2.58. The molecule has 3 amide bonds. The zero-order valence-electron chi connectivity index (χ0n) is 42.5. The summed E-state index contributed by atoms with van der Waals surface area (Å²) in [7, 11) is -5.33. The van der Waals surface area contributed by atoms with Crippen LogP contribution in [-0.2, 0) is 81.1 Å². The Morgan fingerprint density at radius 3 is 1.11 bits per heavy atom. The van der Waals surface area contributed by atoms with Crippen molar-refractivity contribution in [2.75, 3.05) is 39.6 Å². The van der Waals surface area contributed by atoms with Crippen LogP contribution < -0.4 is 16.0 Å². The summed E-state index contributed by atoms with van der Waals surface area (Å²) in [5, 5.41) is 180. The maximum atomic E-state index is 12.7. The van der Waals surface area contributed by atoms with Crippen molar-refractivity contribution in [3.8, 4) is 0 Å². The van der Waals surface area contributed by atoms with Gasteiger partial charge >= 0.3 is 10.4 Å². The lowest BCUT2D eigenvalue weighted by molar-refractivity contribution is -0.385. The predicted octanol–water partition coefficient (Wildman–Crippen LogP) is -13.8. The summed E-state index contributed by atoms with van der Waals surface area (Å²) in [5.74, 6) is -2.59. The highest BCUT2D eigenvalue weighted by Crippen LogP contribution is 2.37. The molecule has 0 saturated carbocycles. The number of carbonyl (C=O) groups is 3. The average molecular weight is 1190 g/mol. The van der Waals surface area contributed by atoms with Crippen LogP contribution in [0.4, 0.5) is 0 Å². The molecule has 0 aromatic heterocycles. The molecule has 0 aromatic carbocycles. The maximum Gasteiger partial charge on any atom is 0.397 e. The molecule has 30 atom stereocenters. The second kappa shape index (κ2) is 28.4. The molecule has 464 valence electrons. The van der Waals surface area contributed by atoms with Gasteiger partial charge in [-0.15, -0.1) is 0 Å². The van der Waals surface area contributed by atoms with Crippen molar-refractivity contribution in [2.24, 2.45) is 0 Å². The number of aliphatic hydroxyl groups is 16. The largest absolute Gasteiger partial charge is 0.397 e. The van der Waals surface area contributed by atoms with Crippen LogP contribution in [0.5, 0.6) is 0 Å². The molecular formula is C42H71N3O34S. The molecule has 0 radical (unpaired) electrons. The van der Waals surface area contributed by atoms with Gasteiger partial charge in [0.15, 0.2) is 37.7 Å². The number of hydrogen-bond acceptors (Lipinski definition) is 33. The van der Waals surface area contributed by atoms with Crippen molar-refractivity contribution in [2.45, 2.75) is 205 Å². The van der Waals surface area contributed by atoms with Gasteiger partial charge in [0.25, 0.3) is 0 Å². The first kappa shape index (κ1) is 66.3. The molecule has 0 spiro atoms. The van der Waals surface area contributed by atoms with E-state index in [1.165, 1.54) is 0 Å². The normalized spacial score (nSPS) is 46.5. The molecule has 20 N–H and O–H groups in total. The Balaban J connectivity index is 1.24. The topological polar surface area (TPSA) is 576 Å². The van der Waals surface area contributed by atoms with E-state index in [-0.39, 0.29) is 0 Å². The van der Waals surface area contributed by atoms with Gasteiger partial charge in [-0.1, -0.05) is 0 Å². The number of hydrogen-bond donors (Lipinski definition) is 20. The third-order valence-corrected chi connectivity index (χ3v) is 14.3. The summed E-state index contributed by atoms with van der Waals surface area (Å²) >= 11 is 0. The Morgan fingerprint density at radius 1 is 0.375 bits per heavy atom. The fraction of sp³-hybridized carbons (Fsp3) is 0.929. The first-order valence-electron chi connectivity index (χ1n) is 24.8. The van der Waals surface area contributed by atoms with Gasteiger partial charge in [-0.3, -0.25) is 18.9 Å². The molecule has 0 aromatic rings. The molecule has 6 aliphatic rings. The van der Waals surface area contributed by atoms with Gasteiger partial charge in [-0.25, -0.2) is 4.18 Å². The van der Waals surface area contributed by atoms with Gasteiger partial charge in [0.1, 0.15) is 146 Å². The lowest BCUT2D eigenvalue weighted by Crippen LogP contribution is -2.71. The second-order valence-corrected chi connectivity index (χ2v) is 20.6. The fourth-order valence-electron chi connectivity index (χ4n) is 9.86. The molecule has 6 heterocycles. The predicted molar refractivity (Wildman–Crippen MR) is 244 cm³/mol. The molecule has 6 rings (SSSR count). The van der Waals surface area contributed by atoms with E-state index in [4.69, 9.17) is 52.1 Å². The van der Waals surface area contributed by atoms with Gasteiger partial charge in [0.05, 0.1) is 39.6 Å². The summed E-state index contributed by atoms with van der Waals surface area (Å²) in [5.41, 5.74) is 0. The van der Waals surface area contributed by atoms with Crippen LogP contribution in [0.1, 0.15) is 20.8 Å². The van der Waals surface area contributed by atoms with Crippen molar-refractivity contribution >= 4 is 28.1 Å². The fourth-order valence-corrected chi connectivity index (χ4v) is 10.2.